The lowest BCUT2D eigenvalue weighted by Crippen LogP contribution is -2.41. The third kappa shape index (κ3) is 6.37. The van der Waals surface area contributed by atoms with Crippen molar-refractivity contribution in [2.45, 2.75) is 36.7 Å². The van der Waals surface area contributed by atoms with Gasteiger partial charge in [0.1, 0.15) is 0 Å². The van der Waals surface area contributed by atoms with E-state index in [-0.39, 0.29) is 12.0 Å². The van der Waals surface area contributed by atoms with Crippen LogP contribution in [0.5, 0.6) is 11.5 Å². The summed E-state index contributed by atoms with van der Waals surface area (Å²) in [7, 11) is 3.25. The number of thioether (sulfide) groups is 1. The van der Waals surface area contributed by atoms with Crippen molar-refractivity contribution in [3.63, 3.8) is 0 Å². The first-order chi connectivity index (χ1) is 12.7. The maximum atomic E-state index is 12.4. The molecule has 2 N–H and O–H groups in total. The predicted molar refractivity (Wildman–Crippen MR) is 104 cm³/mol. The molecule has 0 spiro atoms. The SMILES string of the molecule is COc1ccc(SCCC(=O)N2CCC(OCCCN)CC2)cc1OC. The molecule has 1 heterocycles. The van der Waals surface area contributed by atoms with Crippen LogP contribution in [-0.2, 0) is 9.53 Å². The first kappa shape index (κ1) is 20.9. The second-order valence-electron chi connectivity index (χ2n) is 6.21. The number of likely N-dealkylation sites (tertiary alicyclic amines) is 1. The number of amides is 1. The second kappa shape index (κ2) is 11.3. The zero-order valence-corrected chi connectivity index (χ0v) is 16.6. The first-order valence-electron chi connectivity index (χ1n) is 9.12. The van der Waals surface area contributed by atoms with E-state index in [1.807, 2.05) is 23.1 Å². The number of hydrogen-bond acceptors (Lipinski definition) is 6. The van der Waals surface area contributed by atoms with Crippen molar-refractivity contribution in [3.8, 4) is 11.5 Å². The molecular weight excluding hydrogens is 352 g/mol. The molecule has 0 atom stereocenters. The average Bonchev–Trinajstić information content (AvgIpc) is 2.68. The summed E-state index contributed by atoms with van der Waals surface area (Å²) < 4.78 is 16.3. The normalized spacial score (nSPS) is 15.1. The standard InChI is InChI=1S/C19H30N2O4S/c1-23-17-5-4-16(14-18(17)24-2)26-13-8-19(22)21-10-6-15(7-11-21)25-12-3-9-20/h4-5,14-15H,3,6-13,20H2,1-2H3. The molecule has 1 aliphatic heterocycles. The molecule has 1 aliphatic rings. The zero-order valence-electron chi connectivity index (χ0n) is 15.7. The highest BCUT2D eigenvalue weighted by Gasteiger charge is 2.22. The van der Waals surface area contributed by atoms with Crippen LogP contribution in [0.4, 0.5) is 0 Å². The summed E-state index contributed by atoms with van der Waals surface area (Å²) in [5.74, 6) is 2.39. The Kier molecular flexibility index (Phi) is 9.08. The van der Waals surface area contributed by atoms with Crippen LogP contribution in [-0.4, -0.2) is 63.1 Å². The molecule has 0 radical (unpaired) electrons. The highest BCUT2D eigenvalue weighted by atomic mass is 32.2. The minimum Gasteiger partial charge on any atom is -0.493 e. The predicted octanol–water partition coefficient (Wildman–Crippen LogP) is 2.54. The van der Waals surface area contributed by atoms with Gasteiger partial charge < -0.3 is 24.8 Å². The summed E-state index contributed by atoms with van der Waals surface area (Å²) in [6, 6.07) is 5.82. The summed E-state index contributed by atoms with van der Waals surface area (Å²) in [5, 5.41) is 0. The van der Waals surface area contributed by atoms with Crippen molar-refractivity contribution in [1.82, 2.24) is 4.90 Å². The van der Waals surface area contributed by atoms with Gasteiger partial charge in [-0.25, -0.2) is 0 Å². The number of nitrogens with two attached hydrogens (primary N) is 1. The van der Waals surface area contributed by atoms with E-state index in [1.54, 1.807) is 26.0 Å². The second-order valence-corrected chi connectivity index (χ2v) is 7.38. The molecule has 26 heavy (non-hydrogen) atoms. The highest BCUT2D eigenvalue weighted by molar-refractivity contribution is 7.99. The lowest BCUT2D eigenvalue weighted by Gasteiger charge is -2.32. The number of benzene rings is 1. The largest absolute Gasteiger partial charge is 0.493 e. The molecule has 1 aromatic carbocycles. The average molecular weight is 383 g/mol. The molecule has 1 fully saturated rings. The maximum absolute atomic E-state index is 12.4. The third-order valence-electron chi connectivity index (χ3n) is 4.44. The van der Waals surface area contributed by atoms with Gasteiger partial charge in [-0.1, -0.05) is 0 Å². The zero-order chi connectivity index (χ0) is 18.8. The van der Waals surface area contributed by atoms with E-state index < -0.39 is 0 Å². The Morgan fingerprint density at radius 2 is 1.96 bits per heavy atom. The monoisotopic (exact) mass is 382 g/mol. The van der Waals surface area contributed by atoms with Crippen molar-refractivity contribution in [1.29, 1.82) is 0 Å². The number of carbonyl (C=O) groups excluding carboxylic acids is 1. The van der Waals surface area contributed by atoms with Crippen molar-refractivity contribution >= 4 is 17.7 Å². The van der Waals surface area contributed by atoms with E-state index in [0.29, 0.717) is 24.5 Å². The molecule has 7 heteroatoms. The minimum absolute atomic E-state index is 0.221. The molecule has 1 saturated heterocycles. The Morgan fingerprint density at radius 1 is 1.23 bits per heavy atom. The number of hydrogen-bond donors (Lipinski definition) is 1. The number of methoxy groups -OCH3 is 2. The number of nitrogens with zero attached hydrogens (tertiary/aromatic N) is 1. The van der Waals surface area contributed by atoms with Gasteiger partial charge in [0.05, 0.1) is 20.3 Å². The highest BCUT2D eigenvalue weighted by Crippen LogP contribution is 2.32. The molecule has 2 rings (SSSR count). The molecule has 0 aromatic heterocycles. The van der Waals surface area contributed by atoms with Gasteiger partial charge in [0.15, 0.2) is 11.5 Å². The van der Waals surface area contributed by atoms with Crippen LogP contribution in [0.2, 0.25) is 0 Å². The van der Waals surface area contributed by atoms with Crippen LogP contribution in [0.1, 0.15) is 25.7 Å². The summed E-state index contributed by atoms with van der Waals surface area (Å²) in [6.07, 6.45) is 3.54. The summed E-state index contributed by atoms with van der Waals surface area (Å²) in [4.78, 5) is 15.4. The maximum Gasteiger partial charge on any atom is 0.223 e. The number of rotatable bonds is 10. The van der Waals surface area contributed by atoms with Crippen LogP contribution in [0.3, 0.4) is 0 Å². The lowest BCUT2D eigenvalue weighted by atomic mass is 10.1. The quantitative estimate of drug-likeness (QED) is 0.495. The van der Waals surface area contributed by atoms with Gasteiger partial charge in [-0.05, 0) is 44.0 Å². The summed E-state index contributed by atoms with van der Waals surface area (Å²) in [5.41, 5.74) is 5.48. The molecule has 1 amide bonds. The summed E-state index contributed by atoms with van der Waals surface area (Å²) >= 11 is 1.66. The van der Waals surface area contributed by atoms with Gasteiger partial charge in [0.2, 0.25) is 5.91 Å². The topological polar surface area (TPSA) is 74.0 Å². The smallest absolute Gasteiger partial charge is 0.223 e. The number of carbonyl (C=O) groups is 1. The number of ether oxygens (including phenoxy) is 3. The Hall–Kier alpha value is -1.44. The molecule has 0 aliphatic carbocycles. The van der Waals surface area contributed by atoms with Crippen LogP contribution < -0.4 is 15.2 Å². The first-order valence-corrected chi connectivity index (χ1v) is 10.1. The number of piperidine rings is 1. The molecule has 6 nitrogen and oxygen atoms in total. The van der Waals surface area contributed by atoms with Gasteiger partial charge in [-0.2, -0.15) is 0 Å². The molecular formula is C19H30N2O4S. The van der Waals surface area contributed by atoms with Crippen LogP contribution in [0, 0.1) is 0 Å². The van der Waals surface area contributed by atoms with E-state index in [9.17, 15) is 4.79 Å². The van der Waals surface area contributed by atoms with E-state index in [0.717, 1.165) is 49.6 Å². The molecule has 146 valence electrons. The Bertz CT molecular complexity index is 562. The fraction of sp³-hybridized carbons (Fsp3) is 0.632. The molecule has 0 unspecified atom stereocenters. The van der Waals surface area contributed by atoms with Crippen LogP contribution >= 0.6 is 11.8 Å². The lowest BCUT2D eigenvalue weighted by molar-refractivity contribution is -0.133. The molecule has 0 saturated carbocycles. The van der Waals surface area contributed by atoms with Crippen LogP contribution in [0.15, 0.2) is 23.1 Å². The Labute approximate surface area is 160 Å². The van der Waals surface area contributed by atoms with Crippen molar-refractivity contribution in [2.75, 3.05) is 46.2 Å². The van der Waals surface area contributed by atoms with Crippen molar-refractivity contribution in [2.24, 2.45) is 5.73 Å². The fourth-order valence-electron chi connectivity index (χ4n) is 2.93. The Balaban J connectivity index is 1.69. The fourth-order valence-corrected chi connectivity index (χ4v) is 3.79. The molecule has 1 aromatic rings. The van der Waals surface area contributed by atoms with Gasteiger partial charge in [0, 0.05) is 36.8 Å². The van der Waals surface area contributed by atoms with Crippen LogP contribution in [0.25, 0.3) is 0 Å². The van der Waals surface area contributed by atoms with Gasteiger partial charge in [-0.3, -0.25) is 4.79 Å². The van der Waals surface area contributed by atoms with Gasteiger partial charge in [0.25, 0.3) is 0 Å². The van der Waals surface area contributed by atoms with Gasteiger partial charge in [-0.15, -0.1) is 11.8 Å². The third-order valence-corrected chi connectivity index (χ3v) is 5.43. The van der Waals surface area contributed by atoms with E-state index in [2.05, 4.69) is 0 Å². The summed E-state index contributed by atoms with van der Waals surface area (Å²) in [6.45, 7) is 2.95. The van der Waals surface area contributed by atoms with Gasteiger partial charge >= 0.3 is 0 Å². The van der Waals surface area contributed by atoms with Crippen molar-refractivity contribution < 1.29 is 19.0 Å². The van der Waals surface area contributed by atoms with E-state index in [1.165, 1.54) is 0 Å². The Morgan fingerprint density at radius 3 is 2.62 bits per heavy atom. The van der Waals surface area contributed by atoms with Crippen molar-refractivity contribution in [3.05, 3.63) is 18.2 Å². The van der Waals surface area contributed by atoms with E-state index >= 15 is 0 Å². The minimum atomic E-state index is 0.221. The van der Waals surface area contributed by atoms with E-state index in [4.69, 9.17) is 19.9 Å². The molecule has 0 bridgehead atoms.